The topological polar surface area (TPSA) is 82.1 Å². The predicted octanol–water partition coefficient (Wildman–Crippen LogP) is 4.18. The first-order valence-corrected chi connectivity index (χ1v) is 10.1. The SMILES string of the molecule is CC(C)(C)OC(=O)CC[C@@H](O)[C@@H](CCC(=O)OC(C)(C)C)OCc1ccccc1. The lowest BCUT2D eigenvalue weighted by Gasteiger charge is -2.25. The zero-order chi connectivity index (χ0) is 22.1. The van der Waals surface area contributed by atoms with E-state index < -0.39 is 23.4 Å². The Morgan fingerprint density at radius 1 is 0.862 bits per heavy atom. The Kier molecular flexibility index (Phi) is 9.80. The van der Waals surface area contributed by atoms with Crippen LogP contribution in [-0.2, 0) is 30.4 Å². The van der Waals surface area contributed by atoms with Gasteiger partial charge >= 0.3 is 11.9 Å². The van der Waals surface area contributed by atoms with Crippen LogP contribution in [0.15, 0.2) is 30.3 Å². The van der Waals surface area contributed by atoms with Crippen LogP contribution in [0.4, 0.5) is 0 Å². The summed E-state index contributed by atoms with van der Waals surface area (Å²) in [5.41, 5.74) is -0.163. The highest BCUT2D eigenvalue weighted by Crippen LogP contribution is 2.18. The number of ether oxygens (including phenoxy) is 3. The van der Waals surface area contributed by atoms with Crippen molar-refractivity contribution in [3.63, 3.8) is 0 Å². The molecule has 0 bridgehead atoms. The first-order chi connectivity index (χ1) is 13.4. The highest BCUT2D eigenvalue weighted by atomic mass is 16.6. The van der Waals surface area contributed by atoms with Crippen LogP contribution in [0.1, 0.15) is 72.8 Å². The lowest BCUT2D eigenvalue weighted by atomic mass is 10.0. The molecule has 1 aromatic rings. The molecule has 0 fully saturated rings. The first-order valence-electron chi connectivity index (χ1n) is 10.1. The maximum Gasteiger partial charge on any atom is 0.306 e. The number of aliphatic hydroxyl groups excluding tert-OH is 1. The number of hydrogen-bond acceptors (Lipinski definition) is 6. The number of hydrogen-bond donors (Lipinski definition) is 1. The number of esters is 2. The van der Waals surface area contributed by atoms with Crippen LogP contribution in [0.3, 0.4) is 0 Å². The van der Waals surface area contributed by atoms with Gasteiger partial charge in [0.15, 0.2) is 0 Å². The summed E-state index contributed by atoms with van der Waals surface area (Å²) in [6.45, 7) is 11.1. The molecule has 0 saturated heterocycles. The van der Waals surface area contributed by atoms with Gasteiger partial charge in [-0.05, 0) is 59.9 Å². The van der Waals surface area contributed by atoms with Crippen LogP contribution in [0.25, 0.3) is 0 Å². The van der Waals surface area contributed by atoms with Crippen LogP contribution < -0.4 is 0 Å². The maximum atomic E-state index is 12.0. The molecule has 2 atom stereocenters. The summed E-state index contributed by atoms with van der Waals surface area (Å²) in [6, 6.07) is 9.59. The summed E-state index contributed by atoms with van der Waals surface area (Å²) in [4.78, 5) is 24.0. The second kappa shape index (κ2) is 11.3. The molecule has 164 valence electrons. The number of carbonyl (C=O) groups excluding carboxylic acids is 2. The summed E-state index contributed by atoms with van der Waals surface area (Å²) < 4.78 is 16.5. The van der Waals surface area contributed by atoms with Crippen molar-refractivity contribution < 1.29 is 28.9 Å². The van der Waals surface area contributed by atoms with Gasteiger partial charge in [-0.15, -0.1) is 0 Å². The number of carbonyl (C=O) groups is 2. The average molecular weight is 409 g/mol. The van der Waals surface area contributed by atoms with Crippen LogP contribution >= 0.6 is 0 Å². The molecule has 0 radical (unpaired) electrons. The Morgan fingerprint density at radius 3 is 1.83 bits per heavy atom. The standard InChI is InChI=1S/C23H36O6/c1-22(2,3)28-20(25)14-12-18(24)19(13-15-21(26)29-23(4,5)6)27-16-17-10-8-7-9-11-17/h7-11,18-19,24H,12-16H2,1-6H3/t18-,19-/m1/s1. The van der Waals surface area contributed by atoms with E-state index in [1.165, 1.54) is 0 Å². The van der Waals surface area contributed by atoms with Crippen molar-refractivity contribution in [2.45, 2.75) is 97.2 Å². The maximum absolute atomic E-state index is 12.0. The highest BCUT2D eigenvalue weighted by molar-refractivity contribution is 5.70. The van der Waals surface area contributed by atoms with Crippen molar-refractivity contribution >= 4 is 11.9 Å². The van der Waals surface area contributed by atoms with Gasteiger partial charge in [0.05, 0.1) is 18.8 Å². The lowest BCUT2D eigenvalue weighted by Crippen LogP contribution is -2.32. The molecular weight excluding hydrogens is 372 g/mol. The summed E-state index contributed by atoms with van der Waals surface area (Å²) in [7, 11) is 0. The van der Waals surface area contributed by atoms with Crippen molar-refractivity contribution in [1.82, 2.24) is 0 Å². The number of rotatable bonds is 10. The quantitative estimate of drug-likeness (QED) is 0.585. The molecular formula is C23H36O6. The van der Waals surface area contributed by atoms with E-state index in [2.05, 4.69) is 0 Å². The van der Waals surface area contributed by atoms with E-state index in [0.29, 0.717) is 13.0 Å². The third-order valence-electron chi connectivity index (χ3n) is 3.85. The summed E-state index contributed by atoms with van der Waals surface area (Å²) in [5, 5.41) is 10.6. The van der Waals surface area contributed by atoms with E-state index in [0.717, 1.165) is 5.56 Å². The van der Waals surface area contributed by atoms with Gasteiger partial charge < -0.3 is 19.3 Å². The molecule has 1 rings (SSSR count). The van der Waals surface area contributed by atoms with Crippen LogP contribution in [0.2, 0.25) is 0 Å². The Bertz CT molecular complexity index is 627. The summed E-state index contributed by atoms with van der Waals surface area (Å²) in [6.07, 6.45) is -0.783. The average Bonchev–Trinajstić information content (AvgIpc) is 2.57. The third-order valence-corrected chi connectivity index (χ3v) is 3.85. The fraction of sp³-hybridized carbons (Fsp3) is 0.652. The molecule has 1 N–H and O–H groups in total. The second-order valence-electron chi connectivity index (χ2n) is 9.15. The molecule has 0 aliphatic carbocycles. The van der Waals surface area contributed by atoms with Gasteiger partial charge in [-0.25, -0.2) is 0 Å². The first kappa shape index (κ1) is 25.1. The Morgan fingerprint density at radius 2 is 1.34 bits per heavy atom. The van der Waals surface area contributed by atoms with Gasteiger partial charge in [-0.2, -0.15) is 0 Å². The van der Waals surface area contributed by atoms with E-state index in [-0.39, 0.29) is 31.2 Å². The van der Waals surface area contributed by atoms with E-state index in [1.807, 2.05) is 51.1 Å². The van der Waals surface area contributed by atoms with Gasteiger partial charge in [0.25, 0.3) is 0 Å². The molecule has 6 heteroatoms. The Balaban J connectivity index is 2.64. The van der Waals surface area contributed by atoms with Gasteiger partial charge in [0.2, 0.25) is 0 Å². The second-order valence-corrected chi connectivity index (χ2v) is 9.15. The normalized spacial score (nSPS) is 14.2. The molecule has 0 aliphatic heterocycles. The lowest BCUT2D eigenvalue weighted by molar-refractivity contribution is -0.158. The van der Waals surface area contributed by atoms with Crippen molar-refractivity contribution in [3.8, 4) is 0 Å². The molecule has 0 aliphatic rings. The minimum Gasteiger partial charge on any atom is -0.460 e. The van der Waals surface area contributed by atoms with Crippen LogP contribution in [0, 0.1) is 0 Å². The fourth-order valence-electron chi connectivity index (χ4n) is 2.66. The van der Waals surface area contributed by atoms with Crippen molar-refractivity contribution in [2.75, 3.05) is 0 Å². The molecule has 0 amide bonds. The zero-order valence-corrected chi connectivity index (χ0v) is 18.6. The molecule has 0 heterocycles. The largest absolute Gasteiger partial charge is 0.460 e. The zero-order valence-electron chi connectivity index (χ0n) is 18.6. The van der Waals surface area contributed by atoms with Crippen LogP contribution in [-0.4, -0.2) is 40.5 Å². The van der Waals surface area contributed by atoms with Gasteiger partial charge in [0.1, 0.15) is 11.2 Å². The molecule has 0 aromatic heterocycles. The molecule has 29 heavy (non-hydrogen) atoms. The summed E-state index contributed by atoms with van der Waals surface area (Å²) in [5.74, 6) is -0.712. The smallest absolute Gasteiger partial charge is 0.306 e. The minimum atomic E-state index is -0.895. The van der Waals surface area contributed by atoms with Crippen molar-refractivity contribution in [1.29, 1.82) is 0 Å². The number of aliphatic hydroxyl groups is 1. The van der Waals surface area contributed by atoms with E-state index in [4.69, 9.17) is 14.2 Å². The molecule has 0 unspecified atom stereocenters. The monoisotopic (exact) mass is 408 g/mol. The molecule has 0 saturated carbocycles. The minimum absolute atomic E-state index is 0.0794. The Hall–Kier alpha value is -1.92. The Labute approximate surface area is 174 Å². The van der Waals surface area contributed by atoms with Gasteiger partial charge in [-0.3, -0.25) is 9.59 Å². The predicted molar refractivity (Wildman–Crippen MR) is 111 cm³/mol. The fourth-order valence-corrected chi connectivity index (χ4v) is 2.66. The molecule has 0 spiro atoms. The molecule has 1 aromatic carbocycles. The van der Waals surface area contributed by atoms with Crippen molar-refractivity contribution in [2.24, 2.45) is 0 Å². The molecule has 6 nitrogen and oxygen atoms in total. The van der Waals surface area contributed by atoms with Gasteiger partial charge in [-0.1, -0.05) is 30.3 Å². The highest BCUT2D eigenvalue weighted by Gasteiger charge is 2.25. The van der Waals surface area contributed by atoms with E-state index in [1.54, 1.807) is 20.8 Å². The van der Waals surface area contributed by atoms with E-state index >= 15 is 0 Å². The number of benzene rings is 1. The van der Waals surface area contributed by atoms with Crippen molar-refractivity contribution in [3.05, 3.63) is 35.9 Å². The van der Waals surface area contributed by atoms with E-state index in [9.17, 15) is 14.7 Å². The van der Waals surface area contributed by atoms with Crippen LogP contribution in [0.5, 0.6) is 0 Å². The summed E-state index contributed by atoms with van der Waals surface area (Å²) >= 11 is 0. The third kappa shape index (κ3) is 12.3. The van der Waals surface area contributed by atoms with Gasteiger partial charge in [0, 0.05) is 12.8 Å².